The number of benzene rings is 1. The van der Waals surface area contributed by atoms with Crippen molar-refractivity contribution in [3.63, 3.8) is 0 Å². The molecule has 1 heterocycles. The summed E-state index contributed by atoms with van der Waals surface area (Å²) in [4.78, 5) is 11.5. The van der Waals surface area contributed by atoms with Gasteiger partial charge in [-0.1, -0.05) is 0 Å². The Morgan fingerprint density at radius 2 is 2.11 bits per heavy atom. The average Bonchev–Trinajstić information content (AvgIpc) is 2.45. The minimum atomic E-state index is -0.434. The van der Waals surface area contributed by atoms with E-state index in [9.17, 15) is 9.18 Å². The normalized spacial score (nSPS) is 18.9. The van der Waals surface area contributed by atoms with Crippen LogP contribution in [0.2, 0.25) is 0 Å². The molecule has 0 spiro atoms. The van der Waals surface area contributed by atoms with E-state index >= 15 is 0 Å². The van der Waals surface area contributed by atoms with Crippen molar-refractivity contribution >= 4 is 5.97 Å². The zero-order chi connectivity index (χ0) is 13.5. The second-order valence-electron chi connectivity index (χ2n) is 4.28. The lowest BCUT2D eigenvalue weighted by Crippen LogP contribution is -2.50. The van der Waals surface area contributed by atoms with Crippen molar-refractivity contribution in [1.29, 1.82) is 0 Å². The van der Waals surface area contributed by atoms with E-state index in [1.165, 1.54) is 24.3 Å². The van der Waals surface area contributed by atoms with Crippen LogP contribution in [0.1, 0.15) is 0 Å². The minimum Gasteiger partial charge on any atom is -0.482 e. The summed E-state index contributed by atoms with van der Waals surface area (Å²) in [6.07, 6.45) is 0. The van der Waals surface area contributed by atoms with Crippen LogP contribution in [-0.2, 0) is 9.53 Å². The summed E-state index contributed by atoms with van der Waals surface area (Å²) >= 11 is 0. The number of carbonyl (C=O) groups is 1. The highest BCUT2D eigenvalue weighted by molar-refractivity contribution is 5.71. The van der Waals surface area contributed by atoms with Gasteiger partial charge in [-0.3, -0.25) is 0 Å². The van der Waals surface area contributed by atoms with Gasteiger partial charge < -0.3 is 20.1 Å². The van der Waals surface area contributed by atoms with Crippen molar-refractivity contribution < 1.29 is 18.7 Å². The van der Waals surface area contributed by atoms with E-state index in [0.29, 0.717) is 12.4 Å². The number of nitrogens with one attached hydrogen (secondary N) is 2. The van der Waals surface area contributed by atoms with Gasteiger partial charge in [-0.15, -0.1) is 0 Å². The van der Waals surface area contributed by atoms with Crippen LogP contribution in [-0.4, -0.2) is 44.9 Å². The first-order valence-corrected chi connectivity index (χ1v) is 6.22. The lowest BCUT2D eigenvalue weighted by Gasteiger charge is -2.23. The Bertz CT molecular complexity index is 405. The van der Waals surface area contributed by atoms with E-state index in [4.69, 9.17) is 9.47 Å². The molecule has 1 aromatic carbocycles. The molecule has 2 rings (SSSR count). The Hall–Kier alpha value is -1.66. The van der Waals surface area contributed by atoms with Crippen LogP contribution < -0.4 is 15.4 Å². The van der Waals surface area contributed by atoms with Gasteiger partial charge >= 0.3 is 5.97 Å². The van der Waals surface area contributed by atoms with Gasteiger partial charge in [0.05, 0.1) is 6.04 Å². The molecular formula is C13H17FN2O3. The standard InChI is InChI=1S/C13H17FN2O3/c14-10-1-3-12(4-2-10)18-9-13(17)19-8-11-7-15-5-6-16-11/h1-4,11,15-16H,5-9H2. The van der Waals surface area contributed by atoms with E-state index < -0.39 is 5.97 Å². The van der Waals surface area contributed by atoms with E-state index in [1.807, 2.05) is 0 Å². The second kappa shape index (κ2) is 7.06. The van der Waals surface area contributed by atoms with Crippen molar-refractivity contribution in [3.8, 4) is 5.75 Å². The number of esters is 1. The van der Waals surface area contributed by atoms with Crippen molar-refractivity contribution in [2.75, 3.05) is 32.8 Å². The molecule has 6 heteroatoms. The van der Waals surface area contributed by atoms with Crippen molar-refractivity contribution in [2.45, 2.75) is 6.04 Å². The van der Waals surface area contributed by atoms with Gasteiger partial charge in [0, 0.05) is 19.6 Å². The van der Waals surface area contributed by atoms with Gasteiger partial charge in [0.15, 0.2) is 6.61 Å². The predicted octanol–water partition coefficient (Wildman–Crippen LogP) is 0.309. The van der Waals surface area contributed by atoms with Gasteiger partial charge in [-0.2, -0.15) is 0 Å². The Kier molecular flexibility index (Phi) is 5.11. The fourth-order valence-corrected chi connectivity index (χ4v) is 1.74. The molecule has 5 nitrogen and oxygen atoms in total. The molecule has 1 aliphatic rings. The summed E-state index contributed by atoms with van der Waals surface area (Å²) < 4.78 is 22.9. The van der Waals surface area contributed by atoms with Gasteiger partial charge in [0.1, 0.15) is 18.2 Å². The zero-order valence-corrected chi connectivity index (χ0v) is 10.5. The SMILES string of the molecule is O=C(COc1ccc(F)cc1)OCC1CNCCN1. The summed E-state index contributed by atoms with van der Waals surface area (Å²) in [6, 6.07) is 5.63. The molecule has 1 saturated heterocycles. The number of piperazine rings is 1. The van der Waals surface area contributed by atoms with E-state index in [2.05, 4.69) is 10.6 Å². The fraction of sp³-hybridized carbons (Fsp3) is 0.462. The summed E-state index contributed by atoms with van der Waals surface area (Å²) in [5, 5.41) is 6.43. The summed E-state index contributed by atoms with van der Waals surface area (Å²) in [7, 11) is 0. The molecule has 0 aromatic heterocycles. The molecule has 104 valence electrons. The largest absolute Gasteiger partial charge is 0.482 e. The first kappa shape index (κ1) is 13.8. The molecule has 2 N–H and O–H groups in total. The topological polar surface area (TPSA) is 59.6 Å². The number of carbonyl (C=O) groups excluding carboxylic acids is 1. The molecule has 1 aliphatic heterocycles. The number of rotatable bonds is 5. The Morgan fingerprint density at radius 1 is 1.32 bits per heavy atom. The van der Waals surface area contributed by atoms with Gasteiger partial charge in [0.25, 0.3) is 0 Å². The van der Waals surface area contributed by atoms with Crippen LogP contribution in [0.5, 0.6) is 5.75 Å². The van der Waals surface area contributed by atoms with Gasteiger partial charge in [-0.25, -0.2) is 9.18 Å². The Morgan fingerprint density at radius 3 is 2.79 bits per heavy atom. The smallest absolute Gasteiger partial charge is 0.344 e. The molecule has 1 unspecified atom stereocenters. The molecule has 0 bridgehead atoms. The highest BCUT2D eigenvalue weighted by atomic mass is 19.1. The minimum absolute atomic E-state index is 0.142. The number of hydrogen-bond donors (Lipinski definition) is 2. The lowest BCUT2D eigenvalue weighted by atomic mass is 10.2. The van der Waals surface area contributed by atoms with Crippen molar-refractivity contribution in [3.05, 3.63) is 30.1 Å². The third-order valence-corrected chi connectivity index (χ3v) is 2.74. The van der Waals surface area contributed by atoms with Crippen molar-refractivity contribution in [2.24, 2.45) is 0 Å². The summed E-state index contributed by atoms with van der Waals surface area (Å²) in [5.41, 5.74) is 0. The second-order valence-corrected chi connectivity index (χ2v) is 4.28. The van der Waals surface area contributed by atoms with Crippen LogP contribution in [0.25, 0.3) is 0 Å². The van der Waals surface area contributed by atoms with Gasteiger partial charge in [0.2, 0.25) is 0 Å². The number of hydrogen-bond acceptors (Lipinski definition) is 5. The lowest BCUT2D eigenvalue weighted by molar-refractivity contribution is -0.146. The molecular weight excluding hydrogens is 251 g/mol. The molecule has 1 atom stereocenters. The maximum absolute atomic E-state index is 12.7. The molecule has 0 radical (unpaired) electrons. The third kappa shape index (κ3) is 4.84. The van der Waals surface area contributed by atoms with Crippen LogP contribution >= 0.6 is 0 Å². The third-order valence-electron chi connectivity index (χ3n) is 2.74. The molecule has 1 aromatic rings. The molecule has 1 fully saturated rings. The first-order chi connectivity index (χ1) is 9.24. The predicted molar refractivity (Wildman–Crippen MR) is 67.5 cm³/mol. The van der Waals surface area contributed by atoms with Crippen LogP contribution in [0, 0.1) is 5.82 Å². The highest BCUT2D eigenvalue weighted by Crippen LogP contribution is 2.10. The fourth-order valence-electron chi connectivity index (χ4n) is 1.74. The Balaban J connectivity index is 1.65. The van der Waals surface area contributed by atoms with Crippen molar-refractivity contribution in [1.82, 2.24) is 10.6 Å². The number of ether oxygens (including phenoxy) is 2. The zero-order valence-electron chi connectivity index (χ0n) is 10.5. The molecule has 0 amide bonds. The monoisotopic (exact) mass is 268 g/mol. The summed E-state index contributed by atoms with van der Waals surface area (Å²) in [6.45, 7) is 2.73. The summed E-state index contributed by atoms with van der Waals surface area (Å²) in [5.74, 6) is -0.335. The van der Waals surface area contributed by atoms with E-state index in [0.717, 1.165) is 19.6 Å². The van der Waals surface area contributed by atoms with E-state index in [1.54, 1.807) is 0 Å². The van der Waals surface area contributed by atoms with Crippen LogP contribution in [0.15, 0.2) is 24.3 Å². The molecule has 0 aliphatic carbocycles. The maximum Gasteiger partial charge on any atom is 0.344 e. The quantitative estimate of drug-likeness (QED) is 0.753. The van der Waals surface area contributed by atoms with Crippen LogP contribution in [0.4, 0.5) is 4.39 Å². The maximum atomic E-state index is 12.7. The highest BCUT2D eigenvalue weighted by Gasteiger charge is 2.14. The number of halogens is 1. The Labute approximate surface area is 111 Å². The average molecular weight is 268 g/mol. The molecule has 19 heavy (non-hydrogen) atoms. The van der Waals surface area contributed by atoms with Crippen LogP contribution in [0.3, 0.4) is 0 Å². The molecule has 0 saturated carbocycles. The first-order valence-electron chi connectivity index (χ1n) is 6.22. The van der Waals surface area contributed by atoms with Gasteiger partial charge in [-0.05, 0) is 24.3 Å². The van der Waals surface area contributed by atoms with E-state index in [-0.39, 0.29) is 18.5 Å².